The first-order valence-electron chi connectivity index (χ1n) is 9.49. The summed E-state index contributed by atoms with van der Waals surface area (Å²) >= 11 is 0. The lowest BCUT2D eigenvalue weighted by atomic mass is 10.3. The highest BCUT2D eigenvalue weighted by molar-refractivity contribution is 5.78. The molecule has 0 radical (unpaired) electrons. The van der Waals surface area contributed by atoms with Gasteiger partial charge in [-0.05, 0) is 31.2 Å². The Bertz CT molecular complexity index is 984. The minimum atomic E-state index is -0.470. The molecule has 1 saturated heterocycles. The summed E-state index contributed by atoms with van der Waals surface area (Å²) in [7, 11) is 0. The number of carbonyl (C=O) groups excluding carboxylic acids is 1. The highest BCUT2D eigenvalue weighted by Gasteiger charge is 2.23. The molecule has 0 spiro atoms. The number of nitrogens with zero attached hydrogens (tertiary/aromatic N) is 5. The average molecular weight is 395 g/mol. The Morgan fingerprint density at radius 3 is 2.45 bits per heavy atom. The average Bonchev–Trinajstić information content (AvgIpc) is 3.28. The van der Waals surface area contributed by atoms with E-state index in [9.17, 15) is 9.18 Å². The van der Waals surface area contributed by atoms with E-state index in [1.165, 1.54) is 12.1 Å². The number of anilines is 1. The highest BCUT2D eigenvalue weighted by Crippen LogP contribution is 2.19. The van der Waals surface area contributed by atoms with Crippen LogP contribution in [0.25, 0.3) is 5.82 Å². The summed E-state index contributed by atoms with van der Waals surface area (Å²) in [6, 6.07) is 11.9. The quantitative estimate of drug-likeness (QED) is 0.664. The fraction of sp³-hybridized carbons (Fsp3) is 0.286. The number of halogens is 1. The third-order valence-corrected chi connectivity index (χ3v) is 4.82. The summed E-state index contributed by atoms with van der Waals surface area (Å²) in [6.07, 6.45) is 3.88. The third-order valence-electron chi connectivity index (χ3n) is 4.82. The van der Waals surface area contributed by atoms with Crippen molar-refractivity contribution < 1.29 is 13.9 Å². The first kappa shape index (κ1) is 18.9. The Morgan fingerprint density at radius 2 is 1.72 bits per heavy atom. The van der Waals surface area contributed by atoms with Crippen LogP contribution in [0.1, 0.15) is 5.82 Å². The molecular weight excluding hydrogens is 373 g/mol. The van der Waals surface area contributed by atoms with Gasteiger partial charge in [-0.2, -0.15) is 0 Å². The van der Waals surface area contributed by atoms with E-state index in [0.717, 1.165) is 11.6 Å². The van der Waals surface area contributed by atoms with Crippen molar-refractivity contribution in [3.63, 3.8) is 0 Å². The smallest absolute Gasteiger partial charge is 0.260 e. The molecule has 4 rings (SSSR count). The monoisotopic (exact) mass is 395 g/mol. The summed E-state index contributed by atoms with van der Waals surface area (Å²) < 4.78 is 20.9. The second kappa shape index (κ2) is 8.30. The largest absolute Gasteiger partial charge is 0.481 e. The van der Waals surface area contributed by atoms with E-state index in [0.29, 0.717) is 32.0 Å². The maximum atomic E-state index is 13.6. The molecule has 2 aromatic heterocycles. The van der Waals surface area contributed by atoms with E-state index in [2.05, 4.69) is 14.9 Å². The van der Waals surface area contributed by atoms with Gasteiger partial charge >= 0.3 is 0 Å². The first-order valence-corrected chi connectivity index (χ1v) is 9.49. The van der Waals surface area contributed by atoms with E-state index in [1.54, 1.807) is 17.0 Å². The maximum Gasteiger partial charge on any atom is 0.260 e. The van der Waals surface area contributed by atoms with Crippen LogP contribution in [0.15, 0.2) is 54.9 Å². The Labute approximate surface area is 168 Å². The van der Waals surface area contributed by atoms with Gasteiger partial charge in [0, 0.05) is 44.6 Å². The first-order chi connectivity index (χ1) is 14.1. The van der Waals surface area contributed by atoms with Crippen molar-refractivity contribution in [3.05, 3.63) is 66.5 Å². The zero-order valence-corrected chi connectivity index (χ0v) is 16.2. The summed E-state index contributed by atoms with van der Waals surface area (Å²) in [5.41, 5.74) is 0. The molecule has 0 bridgehead atoms. The van der Waals surface area contributed by atoms with Gasteiger partial charge in [0.1, 0.15) is 17.5 Å². The predicted octanol–water partition coefficient (Wildman–Crippen LogP) is 2.44. The molecule has 1 aromatic carbocycles. The van der Waals surface area contributed by atoms with Crippen molar-refractivity contribution in [2.75, 3.05) is 37.7 Å². The van der Waals surface area contributed by atoms with Crippen molar-refractivity contribution in [1.29, 1.82) is 0 Å². The number of amides is 1. The molecule has 1 aliphatic heterocycles. The maximum absolute atomic E-state index is 13.6. The number of ether oxygens (including phenoxy) is 1. The molecule has 150 valence electrons. The number of aromatic nitrogens is 3. The molecule has 0 saturated carbocycles. The van der Waals surface area contributed by atoms with Crippen molar-refractivity contribution in [1.82, 2.24) is 19.4 Å². The Balaban J connectivity index is 1.36. The van der Waals surface area contributed by atoms with E-state index >= 15 is 0 Å². The number of piperazine rings is 1. The number of benzene rings is 1. The SMILES string of the molecule is Cc1nc(N2CCN(C(=O)COc3ccccc3F)CC2)cc(-n2cccc2)n1. The third kappa shape index (κ3) is 4.37. The van der Waals surface area contributed by atoms with Crippen LogP contribution < -0.4 is 9.64 Å². The van der Waals surface area contributed by atoms with Gasteiger partial charge in [-0.15, -0.1) is 0 Å². The number of hydrogen-bond acceptors (Lipinski definition) is 5. The molecule has 0 N–H and O–H groups in total. The van der Waals surface area contributed by atoms with Crippen molar-refractivity contribution >= 4 is 11.7 Å². The lowest BCUT2D eigenvalue weighted by Crippen LogP contribution is -2.50. The van der Waals surface area contributed by atoms with Crippen LogP contribution in [0.3, 0.4) is 0 Å². The highest BCUT2D eigenvalue weighted by atomic mass is 19.1. The predicted molar refractivity (Wildman–Crippen MR) is 107 cm³/mol. The number of hydrogen-bond donors (Lipinski definition) is 0. The normalized spacial score (nSPS) is 14.1. The van der Waals surface area contributed by atoms with E-state index in [4.69, 9.17) is 4.74 Å². The van der Waals surface area contributed by atoms with Gasteiger partial charge < -0.3 is 19.1 Å². The lowest BCUT2D eigenvalue weighted by molar-refractivity contribution is -0.133. The molecule has 1 amide bonds. The van der Waals surface area contributed by atoms with Crippen LogP contribution in [0.4, 0.5) is 10.2 Å². The summed E-state index contributed by atoms with van der Waals surface area (Å²) in [6.45, 7) is 4.13. The molecule has 3 heterocycles. The Morgan fingerprint density at radius 1 is 1.03 bits per heavy atom. The van der Waals surface area contributed by atoms with E-state index in [-0.39, 0.29) is 18.3 Å². The summed E-state index contributed by atoms with van der Waals surface area (Å²) in [4.78, 5) is 25.3. The van der Waals surface area contributed by atoms with Crippen molar-refractivity contribution in [2.45, 2.75) is 6.92 Å². The van der Waals surface area contributed by atoms with Gasteiger partial charge in [0.05, 0.1) is 0 Å². The summed E-state index contributed by atoms with van der Waals surface area (Å²) in [5.74, 6) is 1.82. The molecule has 3 aromatic rings. The fourth-order valence-corrected chi connectivity index (χ4v) is 3.30. The minimum absolute atomic E-state index is 0.0912. The second-order valence-corrected chi connectivity index (χ2v) is 6.81. The molecule has 8 heteroatoms. The topological polar surface area (TPSA) is 63.5 Å². The van der Waals surface area contributed by atoms with Gasteiger partial charge in [0.15, 0.2) is 18.2 Å². The molecular formula is C21H22FN5O2. The molecule has 0 unspecified atom stereocenters. The van der Waals surface area contributed by atoms with Crippen LogP contribution in [-0.2, 0) is 4.79 Å². The second-order valence-electron chi connectivity index (χ2n) is 6.81. The van der Waals surface area contributed by atoms with Crippen LogP contribution in [0.2, 0.25) is 0 Å². The van der Waals surface area contributed by atoms with Crippen LogP contribution in [-0.4, -0.2) is 58.1 Å². The van der Waals surface area contributed by atoms with E-state index < -0.39 is 5.82 Å². The van der Waals surface area contributed by atoms with Gasteiger partial charge in [0.2, 0.25) is 0 Å². The molecule has 1 aliphatic rings. The van der Waals surface area contributed by atoms with Crippen LogP contribution in [0.5, 0.6) is 5.75 Å². The van der Waals surface area contributed by atoms with Gasteiger partial charge in [0.25, 0.3) is 5.91 Å². The van der Waals surface area contributed by atoms with Gasteiger partial charge in [-0.25, -0.2) is 14.4 Å². The van der Waals surface area contributed by atoms with Gasteiger partial charge in [-0.1, -0.05) is 12.1 Å². The number of para-hydroxylation sites is 1. The lowest BCUT2D eigenvalue weighted by Gasteiger charge is -2.35. The van der Waals surface area contributed by atoms with E-state index in [1.807, 2.05) is 42.1 Å². The Kier molecular flexibility index (Phi) is 5.41. The van der Waals surface area contributed by atoms with Crippen molar-refractivity contribution in [2.24, 2.45) is 0 Å². The standard InChI is InChI=1S/C21H22FN5O2/c1-16-23-19(25-8-4-5-9-25)14-20(24-16)26-10-12-27(13-11-26)21(28)15-29-18-7-3-2-6-17(18)22/h2-9,14H,10-13,15H2,1H3. The Hall–Kier alpha value is -3.42. The zero-order valence-electron chi connectivity index (χ0n) is 16.2. The van der Waals surface area contributed by atoms with Gasteiger partial charge in [-0.3, -0.25) is 4.79 Å². The minimum Gasteiger partial charge on any atom is -0.481 e. The molecule has 0 aliphatic carbocycles. The molecule has 29 heavy (non-hydrogen) atoms. The molecule has 7 nitrogen and oxygen atoms in total. The number of aryl methyl sites for hydroxylation is 1. The van der Waals surface area contributed by atoms with Crippen molar-refractivity contribution in [3.8, 4) is 11.6 Å². The molecule has 1 fully saturated rings. The summed E-state index contributed by atoms with van der Waals surface area (Å²) in [5, 5.41) is 0. The zero-order chi connectivity index (χ0) is 20.2. The fourth-order valence-electron chi connectivity index (χ4n) is 3.30. The molecule has 0 atom stereocenters. The number of rotatable bonds is 5. The van der Waals surface area contributed by atoms with Crippen LogP contribution >= 0.6 is 0 Å². The van der Waals surface area contributed by atoms with Crippen LogP contribution in [0, 0.1) is 12.7 Å². The number of carbonyl (C=O) groups is 1.